The van der Waals surface area contributed by atoms with Crippen LogP contribution in [-0.4, -0.2) is 76.3 Å². The third kappa shape index (κ3) is 4.58. The van der Waals surface area contributed by atoms with E-state index in [1.807, 2.05) is 42.5 Å². The summed E-state index contributed by atoms with van der Waals surface area (Å²) in [5.41, 5.74) is 2.92. The lowest BCUT2D eigenvalue weighted by Gasteiger charge is -2.36. The highest BCUT2D eigenvalue weighted by Gasteiger charge is 2.22. The number of nitrogens with one attached hydrogen (secondary N) is 1. The van der Waals surface area contributed by atoms with E-state index in [9.17, 15) is 4.79 Å². The zero-order chi connectivity index (χ0) is 20.9. The maximum absolute atomic E-state index is 13.1. The maximum atomic E-state index is 13.1. The fourth-order valence-electron chi connectivity index (χ4n) is 3.70. The molecule has 3 heterocycles. The molecular weight excluding hydrogens is 376 g/mol. The molecule has 1 fully saturated rings. The molecule has 7 heteroatoms. The summed E-state index contributed by atoms with van der Waals surface area (Å²) in [6.07, 6.45) is 5.25. The monoisotopic (exact) mass is 404 g/mol. The number of piperazine rings is 1. The Morgan fingerprint density at radius 1 is 1.10 bits per heavy atom. The summed E-state index contributed by atoms with van der Waals surface area (Å²) in [5, 5.41) is 7.81. The first-order valence-corrected chi connectivity index (χ1v) is 10.4. The van der Waals surface area contributed by atoms with E-state index in [-0.39, 0.29) is 11.9 Å². The van der Waals surface area contributed by atoms with Crippen molar-refractivity contribution < 1.29 is 4.79 Å². The van der Waals surface area contributed by atoms with E-state index in [1.54, 1.807) is 23.3 Å². The number of carbonyl (C=O) groups excluding carboxylic acids is 1. The van der Waals surface area contributed by atoms with Gasteiger partial charge in [0.05, 0.1) is 11.3 Å². The lowest BCUT2D eigenvalue weighted by atomic mass is 10.1. The molecule has 1 N–H and O–H groups in total. The van der Waals surface area contributed by atoms with Crippen molar-refractivity contribution in [2.24, 2.45) is 0 Å². The number of pyridine rings is 1. The summed E-state index contributed by atoms with van der Waals surface area (Å²) in [5.74, 6) is -0.114. The first kappa shape index (κ1) is 20.3. The Morgan fingerprint density at radius 3 is 2.57 bits per heavy atom. The van der Waals surface area contributed by atoms with Gasteiger partial charge in [0.1, 0.15) is 5.69 Å². The molecule has 1 aliphatic heterocycles. The number of amides is 1. The van der Waals surface area contributed by atoms with Crippen molar-refractivity contribution in [2.75, 3.05) is 39.8 Å². The van der Waals surface area contributed by atoms with Gasteiger partial charge in [-0.1, -0.05) is 18.2 Å². The molecule has 1 aliphatic rings. The van der Waals surface area contributed by atoms with Crippen LogP contribution >= 0.6 is 0 Å². The molecule has 0 bridgehead atoms. The third-order valence-corrected chi connectivity index (χ3v) is 5.63. The highest BCUT2D eigenvalue weighted by Crippen LogP contribution is 2.23. The Hall–Kier alpha value is -3.03. The van der Waals surface area contributed by atoms with Gasteiger partial charge in [0, 0.05) is 62.9 Å². The van der Waals surface area contributed by atoms with Crippen LogP contribution in [0.2, 0.25) is 0 Å². The first-order chi connectivity index (χ1) is 14.6. The number of para-hydroxylation sites is 1. The van der Waals surface area contributed by atoms with Crippen molar-refractivity contribution >= 4 is 5.91 Å². The number of benzene rings is 1. The van der Waals surface area contributed by atoms with Gasteiger partial charge in [0.2, 0.25) is 0 Å². The Bertz CT molecular complexity index is 964. The molecule has 1 amide bonds. The molecule has 0 saturated carbocycles. The predicted octanol–water partition coefficient (Wildman–Crippen LogP) is 2.30. The van der Waals surface area contributed by atoms with Gasteiger partial charge >= 0.3 is 0 Å². The number of likely N-dealkylation sites (N-methyl/N-ethyl adjacent to an activating group) is 1. The molecule has 30 heavy (non-hydrogen) atoms. The molecule has 0 spiro atoms. The lowest BCUT2D eigenvalue weighted by Crippen LogP contribution is -2.51. The van der Waals surface area contributed by atoms with Crippen molar-refractivity contribution in [3.63, 3.8) is 0 Å². The summed E-state index contributed by atoms with van der Waals surface area (Å²) in [4.78, 5) is 22.1. The molecule has 1 unspecified atom stereocenters. The SMILES string of the molecule is CC(CNC(=O)c1cn(-c2ccccc2)nc1-c1cccnc1)N1CCN(C)CC1. The summed E-state index contributed by atoms with van der Waals surface area (Å²) >= 11 is 0. The van der Waals surface area contributed by atoms with E-state index in [4.69, 9.17) is 5.10 Å². The van der Waals surface area contributed by atoms with Gasteiger partial charge in [0.25, 0.3) is 5.91 Å². The molecule has 3 aromatic rings. The van der Waals surface area contributed by atoms with E-state index in [0.717, 1.165) is 37.4 Å². The summed E-state index contributed by atoms with van der Waals surface area (Å²) in [7, 11) is 2.15. The van der Waals surface area contributed by atoms with E-state index >= 15 is 0 Å². The maximum Gasteiger partial charge on any atom is 0.255 e. The zero-order valence-electron chi connectivity index (χ0n) is 17.5. The Kier molecular flexibility index (Phi) is 6.21. The molecular formula is C23H28N6O. The van der Waals surface area contributed by atoms with E-state index in [0.29, 0.717) is 17.8 Å². The predicted molar refractivity (Wildman–Crippen MR) is 118 cm³/mol. The van der Waals surface area contributed by atoms with Crippen LogP contribution in [-0.2, 0) is 0 Å². The van der Waals surface area contributed by atoms with Crippen molar-refractivity contribution in [3.05, 3.63) is 66.6 Å². The van der Waals surface area contributed by atoms with Gasteiger partial charge in [-0.3, -0.25) is 14.7 Å². The highest BCUT2D eigenvalue weighted by molar-refractivity contribution is 5.99. The van der Waals surface area contributed by atoms with Crippen molar-refractivity contribution in [2.45, 2.75) is 13.0 Å². The van der Waals surface area contributed by atoms with Crippen LogP contribution < -0.4 is 5.32 Å². The quantitative estimate of drug-likeness (QED) is 0.683. The molecule has 0 aliphatic carbocycles. The fourth-order valence-corrected chi connectivity index (χ4v) is 3.70. The number of rotatable bonds is 6. The van der Waals surface area contributed by atoms with Crippen LogP contribution in [0, 0.1) is 0 Å². The van der Waals surface area contributed by atoms with Crippen LogP contribution in [0.1, 0.15) is 17.3 Å². The average Bonchev–Trinajstić information content (AvgIpc) is 3.25. The zero-order valence-corrected chi connectivity index (χ0v) is 17.5. The van der Waals surface area contributed by atoms with Crippen LogP contribution in [0.15, 0.2) is 61.1 Å². The number of carbonyl (C=O) groups is 1. The normalized spacial score (nSPS) is 16.3. The summed E-state index contributed by atoms with van der Waals surface area (Å²) in [6.45, 7) is 6.95. The smallest absolute Gasteiger partial charge is 0.255 e. The lowest BCUT2D eigenvalue weighted by molar-refractivity contribution is 0.0904. The van der Waals surface area contributed by atoms with Gasteiger partial charge < -0.3 is 10.2 Å². The molecule has 156 valence electrons. The summed E-state index contributed by atoms with van der Waals surface area (Å²) in [6, 6.07) is 13.9. The van der Waals surface area contributed by atoms with Crippen LogP contribution in [0.5, 0.6) is 0 Å². The van der Waals surface area contributed by atoms with E-state index in [2.05, 4.69) is 34.1 Å². The minimum atomic E-state index is -0.114. The number of hydrogen-bond acceptors (Lipinski definition) is 5. The highest BCUT2D eigenvalue weighted by atomic mass is 16.1. The van der Waals surface area contributed by atoms with Gasteiger partial charge in [-0.05, 0) is 38.2 Å². The largest absolute Gasteiger partial charge is 0.350 e. The Morgan fingerprint density at radius 2 is 1.87 bits per heavy atom. The molecule has 1 atom stereocenters. The topological polar surface area (TPSA) is 66.3 Å². The van der Waals surface area contributed by atoms with Crippen molar-refractivity contribution in [1.82, 2.24) is 29.9 Å². The van der Waals surface area contributed by atoms with Gasteiger partial charge in [0.15, 0.2) is 0 Å². The number of hydrogen-bond donors (Lipinski definition) is 1. The van der Waals surface area contributed by atoms with Crippen LogP contribution in [0.4, 0.5) is 0 Å². The van der Waals surface area contributed by atoms with Gasteiger partial charge in [-0.15, -0.1) is 0 Å². The second-order valence-corrected chi connectivity index (χ2v) is 7.81. The van der Waals surface area contributed by atoms with Gasteiger partial charge in [-0.2, -0.15) is 5.10 Å². The van der Waals surface area contributed by atoms with E-state index in [1.165, 1.54) is 0 Å². The minimum absolute atomic E-state index is 0.114. The van der Waals surface area contributed by atoms with Crippen LogP contribution in [0.25, 0.3) is 16.9 Å². The standard InChI is InChI=1S/C23H28N6O/c1-18(28-13-11-27(2)12-14-28)15-25-23(30)21-17-29(20-8-4-3-5-9-20)26-22(21)19-7-6-10-24-16-19/h3-10,16-18H,11-15H2,1-2H3,(H,25,30). The second-order valence-electron chi connectivity index (χ2n) is 7.81. The fraction of sp³-hybridized carbons (Fsp3) is 0.348. The number of aromatic nitrogens is 3. The van der Waals surface area contributed by atoms with Crippen molar-refractivity contribution in [1.29, 1.82) is 0 Å². The summed E-state index contributed by atoms with van der Waals surface area (Å²) < 4.78 is 1.75. The first-order valence-electron chi connectivity index (χ1n) is 10.4. The average molecular weight is 405 g/mol. The van der Waals surface area contributed by atoms with Gasteiger partial charge in [-0.25, -0.2) is 4.68 Å². The van der Waals surface area contributed by atoms with Crippen molar-refractivity contribution in [3.8, 4) is 16.9 Å². The second kappa shape index (κ2) is 9.19. The van der Waals surface area contributed by atoms with Crippen LogP contribution in [0.3, 0.4) is 0 Å². The molecule has 1 saturated heterocycles. The Balaban J connectivity index is 1.53. The molecule has 4 rings (SSSR count). The van der Waals surface area contributed by atoms with E-state index < -0.39 is 0 Å². The molecule has 2 aromatic heterocycles. The third-order valence-electron chi connectivity index (χ3n) is 5.63. The minimum Gasteiger partial charge on any atom is -0.350 e. The molecule has 1 aromatic carbocycles. The Labute approximate surface area is 177 Å². The number of nitrogens with zero attached hydrogens (tertiary/aromatic N) is 5. The molecule has 0 radical (unpaired) electrons. The molecule has 7 nitrogen and oxygen atoms in total.